The maximum atomic E-state index is 11.7. The third-order valence-corrected chi connectivity index (χ3v) is 6.05. The number of likely N-dealkylation sites (tertiary alicyclic amines) is 1. The zero-order valence-corrected chi connectivity index (χ0v) is 15.2. The molecule has 3 rings (SSSR count). The van der Waals surface area contributed by atoms with E-state index in [4.69, 9.17) is 0 Å². The van der Waals surface area contributed by atoms with Crippen molar-refractivity contribution in [3.8, 4) is 0 Å². The minimum atomic E-state index is -3.22. The van der Waals surface area contributed by atoms with Crippen LogP contribution in [0.1, 0.15) is 32.6 Å². The Balaban J connectivity index is 1.62. The van der Waals surface area contributed by atoms with Gasteiger partial charge in [-0.1, -0.05) is 6.42 Å². The van der Waals surface area contributed by atoms with Gasteiger partial charge in [0, 0.05) is 29.3 Å². The number of anilines is 1. The molecule has 0 radical (unpaired) electrons. The van der Waals surface area contributed by atoms with Gasteiger partial charge in [0.25, 0.3) is 0 Å². The Labute approximate surface area is 144 Å². The summed E-state index contributed by atoms with van der Waals surface area (Å²) in [5.74, 6) is 0.0859. The number of rotatable bonds is 7. The second-order valence-electron chi connectivity index (χ2n) is 6.54. The number of benzene rings is 1. The number of nitrogens with zero attached hydrogens (tertiary/aromatic N) is 2. The molecule has 1 aliphatic rings. The van der Waals surface area contributed by atoms with Crippen LogP contribution in [-0.2, 0) is 16.6 Å². The van der Waals surface area contributed by atoms with Crippen molar-refractivity contribution in [1.82, 2.24) is 9.47 Å². The van der Waals surface area contributed by atoms with E-state index >= 15 is 0 Å². The van der Waals surface area contributed by atoms with Crippen LogP contribution < -0.4 is 4.72 Å². The van der Waals surface area contributed by atoms with Crippen LogP contribution in [0.25, 0.3) is 10.9 Å². The minimum absolute atomic E-state index is 0.0859. The highest BCUT2D eigenvalue weighted by atomic mass is 32.2. The zero-order chi connectivity index (χ0) is 17.0. The van der Waals surface area contributed by atoms with Crippen molar-refractivity contribution in [2.24, 2.45) is 0 Å². The molecule has 132 valence electrons. The molecule has 0 spiro atoms. The lowest BCUT2D eigenvalue weighted by atomic mass is 10.1. The first kappa shape index (κ1) is 17.3. The average molecular weight is 350 g/mol. The molecule has 1 fully saturated rings. The number of aromatic nitrogens is 1. The molecule has 0 aliphatic carbocycles. The summed E-state index contributed by atoms with van der Waals surface area (Å²) in [5, 5.41) is 1.07. The van der Waals surface area contributed by atoms with E-state index in [2.05, 4.69) is 26.5 Å². The Morgan fingerprint density at radius 2 is 1.88 bits per heavy atom. The van der Waals surface area contributed by atoms with Gasteiger partial charge >= 0.3 is 0 Å². The monoisotopic (exact) mass is 349 g/mol. The van der Waals surface area contributed by atoms with Gasteiger partial charge < -0.3 is 9.47 Å². The van der Waals surface area contributed by atoms with Gasteiger partial charge in [-0.15, -0.1) is 0 Å². The van der Waals surface area contributed by atoms with Crippen LogP contribution in [0, 0.1) is 0 Å². The molecule has 2 aromatic rings. The molecule has 6 heteroatoms. The van der Waals surface area contributed by atoms with Crippen molar-refractivity contribution in [1.29, 1.82) is 0 Å². The first-order valence-corrected chi connectivity index (χ1v) is 10.5. The molecular weight excluding hydrogens is 322 g/mol. The number of fused-ring (bicyclic) bond motifs is 1. The SMILES string of the molecule is CCS(=O)(=O)Nc1ccc2c(ccn2CCCN2CCCCC2)c1. The maximum Gasteiger partial charge on any atom is 0.232 e. The molecule has 0 unspecified atom stereocenters. The summed E-state index contributed by atoms with van der Waals surface area (Å²) in [6.45, 7) is 6.29. The van der Waals surface area contributed by atoms with E-state index in [1.165, 1.54) is 32.4 Å². The van der Waals surface area contributed by atoms with Gasteiger partial charge in [-0.2, -0.15) is 0 Å². The van der Waals surface area contributed by atoms with Gasteiger partial charge in [0.05, 0.1) is 5.75 Å². The van der Waals surface area contributed by atoms with Crippen molar-refractivity contribution in [3.63, 3.8) is 0 Å². The lowest BCUT2D eigenvalue weighted by Gasteiger charge is -2.26. The number of aryl methyl sites for hydroxylation is 1. The fraction of sp³-hybridized carbons (Fsp3) is 0.556. The van der Waals surface area contributed by atoms with E-state index in [9.17, 15) is 8.42 Å². The second kappa shape index (κ2) is 7.57. The van der Waals surface area contributed by atoms with Crippen molar-refractivity contribution in [2.45, 2.75) is 39.2 Å². The lowest BCUT2D eigenvalue weighted by molar-refractivity contribution is 0.223. The minimum Gasteiger partial charge on any atom is -0.347 e. The van der Waals surface area contributed by atoms with Gasteiger partial charge in [0.1, 0.15) is 0 Å². The van der Waals surface area contributed by atoms with E-state index < -0.39 is 10.0 Å². The molecule has 1 aliphatic heterocycles. The molecule has 0 bridgehead atoms. The van der Waals surface area contributed by atoms with Crippen molar-refractivity contribution < 1.29 is 8.42 Å². The van der Waals surface area contributed by atoms with Gasteiger partial charge in [-0.3, -0.25) is 4.72 Å². The Morgan fingerprint density at radius 3 is 2.62 bits per heavy atom. The second-order valence-corrected chi connectivity index (χ2v) is 8.56. The van der Waals surface area contributed by atoms with Gasteiger partial charge in [0.15, 0.2) is 0 Å². The number of piperidine rings is 1. The zero-order valence-electron chi connectivity index (χ0n) is 14.4. The Kier molecular flexibility index (Phi) is 5.46. The van der Waals surface area contributed by atoms with Crippen LogP contribution in [0.5, 0.6) is 0 Å². The summed E-state index contributed by atoms with van der Waals surface area (Å²) >= 11 is 0. The van der Waals surface area contributed by atoms with Crippen LogP contribution in [0.15, 0.2) is 30.5 Å². The van der Waals surface area contributed by atoms with Gasteiger partial charge in [-0.25, -0.2) is 8.42 Å². The number of hydrogen-bond acceptors (Lipinski definition) is 3. The third-order valence-electron chi connectivity index (χ3n) is 4.75. The quantitative estimate of drug-likeness (QED) is 0.834. The number of hydrogen-bond donors (Lipinski definition) is 1. The van der Waals surface area contributed by atoms with Crippen LogP contribution >= 0.6 is 0 Å². The van der Waals surface area contributed by atoms with Crippen LogP contribution in [-0.4, -0.2) is 43.3 Å². The van der Waals surface area contributed by atoms with Crippen LogP contribution in [0.3, 0.4) is 0 Å². The Bertz CT molecular complexity index is 777. The van der Waals surface area contributed by atoms with Crippen LogP contribution in [0.4, 0.5) is 5.69 Å². The first-order chi connectivity index (χ1) is 11.6. The van der Waals surface area contributed by atoms with E-state index in [-0.39, 0.29) is 5.75 Å². The molecule has 1 aromatic heterocycles. The molecule has 1 saturated heterocycles. The summed E-state index contributed by atoms with van der Waals surface area (Å²) in [6.07, 6.45) is 7.29. The Morgan fingerprint density at radius 1 is 1.08 bits per heavy atom. The molecule has 5 nitrogen and oxygen atoms in total. The summed E-state index contributed by atoms with van der Waals surface area (Å²) in [6, 6.07) is 7.81. The molecular formula is C18H27N3O2S. The van der Waals surface area contributed by atoms with E-state index in [1.807, 2.05) is 18.2 Å². The molecule has 1 aromatic carbocycles. The van der Waals surface area contributed by atoms with Crippen molar-refractivity contribution in [3.05, 3.63) is 30.5 Å². The fourth-order valence-corrected chi connectivity index (χ4v) is 3.99. The predicted molar refractivity (Wildman–Crippen MR) is 99.9 cm³/mol. The standard InChI is InChI=1S/C18H27N3O2S/c1-2-24(22,23)19-17-7-8-18-16(15-17)9-14-21(18)13-6-12-20-10-4-3-5-11-20/h7-9,14-15,19H,2-6,10-13H2,1H3. The third kappa shape index (κ3) is 4.30. The topological polar surface area (TPSA) is 54.3 Å². The summed E-state index contributed by atoms with van der Waals surface area (Å²) in [4.78, 5) is 2.56. The van der Waals surface area contributed by atoms with E-state index in [1.54, 1.807) is 6.92 Å². The summed E-state index contributed by atoms with van der Waals surface area (Å²) < 4.78 is 28.2. The highest BCUT2D eigenvalue weighted by Crippen LogP contribution is 2.22. The molecule has 2 heterocycles. The number of sulfonamides is 1. The average Bonchev–Trinajstić information content (AvgIpc) is 2.98. The van der Waals surface area contributed by atoms with Crippen molar-refractivity contribution in [2.75, 3.05) is 30.1 Å². The normalized spacial score (nSPS) is 16.5. The highest BCUT2D eigenvalue weighted by molar-refractivity contribution is 7.92. The first-order valence-electron chi connectivity index (χ1n) is 8.89. The van der Waals surface area contributed by atoms with Gasteiger partial charge in [-0.05, 0) is 70.1 Å². The van der Waals surface area contributed by atoms with E-state index in [0.29, 0.717) is 5.69 Å². The molecule has 0 saturated carbocycles. The highest BCUT2D eigenvalue weighted by Gasteiger charge is 2.10. The van der Waals surface area contributed by atoms with E-state index in [0.717, 1.165) is 30.4 Å². The Hall–Kier alpha value is -1.53. The maximum absolute atomic E-state index is 11.7. The smallest absolute Gasteiger partial charge is 0.232 e. The van der Waals surface area contributed by atoms with Crippen molar-refractivity contribution >= 4 is 26.6 Å². The fourth-order valence-electron chi connectivity index (χ4n) is 3.36. The molecule has 0 atom stereocenters. The molecule has 0 amide bonds. The summed E-state index contributed by atoms with van der Waals surface area (Å²) in [7, 11) is -3.22. The lowest BCUT2D eigenvalue weighted by Crippen LogP contribution is -2.31. The molecule has 1 N–H and O–H groups in total. The van der Waals surface area contributed by atoms with Crippen LogP contribution in [0.2, 0.25) is 0 Å². The van der Waals surface area contributed by atoms with Gasteiger partial charge in [0.2, 0.25) is 10.0 Å². The molecule has 24 heavy (non-hydrogen) atoms. The summed E-state index contributed by atoms with van der Waals surface area (Å²) in [5.41, 5.74) is 1.79. The number of nitrogens with one attached hydrogen (secondary N) is 1. The largest absolute Gasteiger partial charge is 0.347 e. The predicted octanol–water partition coefficient (Wildman–Crippen LogP) is 3.28.